The number of hydrogen-bond acceptors (Lipinski definition) is 1. The molecule has 0 fully saturated rings. The number of rotatable bonds is 4. The molecule has 54 heavy (non-hydrogen) atoms. The third-order valence-corrected chi connectivity index (χ3v) is 14.1. The Labute approximate surface area is 319 Å². The highest BCUT2D eigenvalue weighted by atomic mass is 28.3. The summed E-state index contributed by atoms with van der Waals surface area (Å²) in [6, 6.07) is 41.0. The SMILES string of the molecule is Cc1ccc2c(c1)-c1cc(CC(C)C)c([Si](C)(C)C)c[n+]1C21c2ccc3c(oc4ccccc43)c2-c2n(-c3ccccc3C(C)(C)C)c3ccccc3[n+]21. The van der Waals surface area contributed by atoms with Crippen LogP contribution >= 0.6 is 0 Å². The second-order valence-corrected chi connectivity index (χ2v) is 23.3. The minimum Gasteiger partial charge on any atom is -0.455 e. The number of furan rings is 1. The molecule has 2 aliphatic heterocycles. The van der Waals surface area contributed by atoms with E-state index in [2.05, 4.69) is 190 Å². The van der Waals surface area contributed by atoms with Crippen molar-refractivity contribution < 1.29 is 13.6 Å². The molecule has 0 saturated carbocycles. The molecular weight excluding hydrogens is 675 g/mol. The van der Waals surface area contributed by atoms with E-state index in [0.29, 0.717) is 5.92 Å². The van der Waals surface area contributed by atoms with Crippen LogP contribution in [0.1, 0.15) is 62.4 Å². The van der Waals surface area contributed by atoms with Gasteiger partial charge in [0.2, 0.25) is 5.69 Å². The number of benzene rings is 5. The maximum Gasteiger partial charge on any atom is 0.364 e. The van der Waals surface area contributed by atoms with Crippen molar-refractivity contribution in [2.45, 2.75) is 78.7 Å². The van der Waals surface area contributed by atoms with Crippen LogP contribution in [0.25, 0.3) is 61.3 Å². The summed E-state index contributed by atoms with van der Waals surface area (Å²) in [5, 5.41) is 3.83. The maximum atomic E-state index is 7.05. The monoisotopic (exact) mass is 723 g/mol. The van der Waals surface area contributed by atoms with E-state index in [1.54, 1.807) is 0 Å². The predicted octanol–water partition coefficient (Wildman–Crippen LogP) is 10.7. The summed E-state index contributed by atoms with van der Waals surface area (Å²) in [4.78, 5) is 0. The Balaban J connectivity index is 1.47. The molecule has 0 aliphatic carbocycles. The van der Waals surface area contributed by atoms with Crippen LogP contribution in [0.5, 0.6) is 0 Å². The van der Waals surface area contributed by atoms with E-state index in [0.717, 1.165) is 39.7 Å². The molecule has 1 atom stereocenters. The Morgan fingerprint density at radius 1 is 0.796 bits per heavy atom. The Hall–Kier alpha value is -5.26. The first-order chi connectivity index (χ1) is 25.8. The number of imidazole rings is 1. The van der Waals surface area contributed by atoms with Crippen LogP contribution in [0.3, 0.4) is 0 Å². The van der Waals surface area contributed by atoms with Crippen molar-refractivity contribution in [1.82, 2.24) is 4.57 Å². The van der Waals surface area contributed by atoms with Crippen LogP contribution < -0.4 is 14.3 Å². The van der Waals surface area contributed by atoms with Gasteiger partial charge in [0.05, 0.1) is 24.8 Å². The molecule has 0 bridgehead atoms. The fourth-order valence-corrected chi connectivity index (χ4v) is 11.5. The second-order valence-electron chi connectivity index (χ2n) is 18.3. The third-order valence-electron chi connectivity index (χ3n) is 12.0. The first-order valence-corrected chi connectivity index (χ1v) is 23.1. The average molecular weight is 724 g/mol. The molecule has 0 amide bonds. The summed E-state index contributed by atoms with van der Waals surface area (Å²) in [5.74, 6) is 1.71. The standard InChI is InChI=1S/C49H49N3OSi/c1-30(2)26-32-28-42-35-27-31(3)22-24-36(35)49(50(42)29-44(32)54(7,8)9)38-25-23-34-33-16-10-15-21-43(33)53-46(34)45(38)47-51(40-19-13-14-20-41(40)52(47)49)39-18-12-11-17-37(39)48(4,5)6/h10-25,27-30H,26H2,1-9H3/q+2. The molecule has 5 aromatic carbocycles. The highest BCUT2D eigenvalue weighted by molar-refractivity contribution is 6.89. The summed E-state index contributed by atoms with van der Waals surface area (Å²) in [6.45, 7) is 21.4. The zero-order valence-corrected chi connectivity index (χ0v) is 34.0. The van der Waals surface area contributed by atoms with Gasteiger partial charge in [0.1, 0.15) is 16.8 Å². The fourth-order valence-electron chi connectivity index (χ4n) is 9.85. The van der Waals surface area contributed by atoms with Gasteiger partial charge < -0.3 is 4.42 Å². The van der Waals surface area contributed by atoms with E-state index in [-0.39, 0.29) is 5.41 Å². The summed E-state index contributed by atoms with van der Waals surface area (Å²) in [5.41, 5.74) is 15.1. The van der Waals surface area contributed by atoms with Gasteiger partial charge in [-0.1, -0.05) is 114 Å². The first-order valence-electron chi connectivity index (χ1n) is 19.6. The number of para-hydroxylation sites is 4. The molecule has 5 heteroatoms. The van der Waals surface area contributed by atoms with Gasteiger partial charge in [0.25, 0.3) is 0 Å². The minimum absolute atomic E-state index is 0.0815. The van der Waals surface area contributed by atoms with Crippen LogP contribution in [-0.4, -0.2) is 12.6 Å². The van der Waals surface area contributed by atoms with Gasteiger partial charge in [-0.15, -0.1) is 9.13 Å². The van der Waals surface area contributed by atoms with Crippen LogP contribution in [-0.2, 0) is 17.5 Å². The molecule has 10 rings (SSSR count). The number of nitrogens with zero attached hydrogens (tertiary/aromatic N) is 3. The zero-order valence-electron chi connectivity index (χ0n) is 33.0. The first kappa shape index (κ1) is 33.3. The molecular formula is C49H49N3OSi+2. The highest BCUT2D eigenvalue weighted by Gasteiger charge is 2.67. The normalized spacial score (nSPS) is 16.2. The average Bonchev–Trinajstić information content (AvgIpc) is 3.83. The van der Waals surface area contributed by atoms with Crippen LogP contribution in [0.4, 0.5) is 0 Å². The largest absolute Gasteiger partial charge is 0.455 e. The molecule has 2 aliphatic rings. The summed E-state index contributed by atoms with van der Waals surface area (Å²) in [7, 11) is -1.80. The summed E-state index contributed by atoms with van der Waals surface area (Å²) < 4.78 is 14.9. The van der Waals surface area contributed by atoms with Crippen molar-refractivity contribution in [3.05, 3.63) is 143 Å². The molecule has 0 N–H and O–H groups in total. The zero-order chi connectivity index (χ0) is 37.5. The van der Waals surface area contributed by atoms with Crippen LogP contribution in [0.2, 0.25) is 19.6 Å². The van der Waals surface area contributed by atoms with Gasteiger partial charge in [-0.2, -0.15) is 4.57 Å². The van der Waals surface area contributed by atoms with Gasteiger partial charge in [-0.3, -0.25) is 0 Å². The quantitative estimate of drug-likeness (QED) is 0.131. The lowest BCUT2D eigenvalue weighted by molar-refractivity contribution is -0.944. The molecule has 0 saturated heterocycles. The molecule has 268 valence electrons. The Bertz CT molecular complexity index is 2880. The van der Waals surface area contributed by atoms with Gasteiger partial charge in [0.15, 0.2) is 22.8 Å². The fraction of sp³-hybridized carbons (Fsp3) is 0.265. The van der Waals surface area contributed by atoms with Crippen molar-refractivity contribution in [1.29, 1.82) is 0 Å². The van der Waals surface area contributed by atoms with E-state index in [9.17, 15) is 0 Å². The Morgan fingerprint density at radius 3 is 2.30 bits per heavy atom. The van der Waals surface area contributed by atoms with Crippen LogP contribution in [0.15, 0.2) is 120 Å². The second kappa shape index (κ2) is 11.1. The van der Waals surface area contributed by atoms with Crippen LogP contribution in [0, 0.1) is 12.8 Å². The number of fused-ring (bicyclic) bond motifs is 16. The van der Waals surface area contributed by atoms with Gasteiger partial charge in [-0.05, 0) is 78.8 Å². The number of pyridine rings is 1. The van der Waals surface area contributed by atoms with E-state index < -0.39 is 13.7 Å². The number of aromatic nitrogens is 3. The molecule has 3 aromatic heterocycles. The van der Waals surface area contributed by atoms with Crippen molar-refractivity contribution in [2.75, 3.05) is 0 Å². The lowest BCUT2D eigenvalue weighted by atomic mass is 9.85. The topological polar surface area (TPSA) is 25.8 Å². The van der Waals surface area contributed by atoms with E-state index in [1.165, 1.54) is 61.0 Å². The summed E-state index contributed by atoms with van der Waals surface area (Å²) in [6.07, 6.45) is 3.65. The van der Waals surface area contributed by atoms with Crippen molar-refractivity contribution >= 4 is 46.2 Å². The van der Waals surface area contributed by atoms with Gasteiger partial charge >= 0.3 is 11.5 Å². The molecule has 4 nitrogen and oxygen atoms in total. The minimum atomic E-state index is -1.80. The van der Waals surface area contributed by atoms with Crippen molar-refractivity contribution in [3.63, 3.8) is 0 Å². The predicted molar refractivity (Wildman–Crippen MR) is 225 cm³/mol. The lowest BCUT2D eigenvalue weighted by Crippen LogP contribution is -2.72. The van der Waals surface area contributed by atoms with E-state index in [1.807, 2.05) is 0 Å². The number of aryl methyl sites for hydroxylation is 1. The molecule has 1 unspecified atom stereocenters. The molecule has 0 radical (unpaired) electrons. The Morgan fingerprint density at radius 2 is 1.52 bits per heavy atom. The Kier molecular flexibility index (Phi) is 6.87. The molecule has 1 spiro atoms. The van der Waals surface area contributed by atoms with E-state index >= 15 is 0 Å². The third kappa shape index (κ3) is 4.36. The number of hydrogen-bond donors (Lipinski definition) is 0. The lowest BCUT2D eigenvalue weighted by Gasteiger charge is -2.24. The maximum absolute atomic E-state index is 7.05. The molecule has 8 aromatic rings. The van der Waals surface area contributed by atoms with Crippen molar-refractivity contribution in [3.8, 4) is 28.3 Å². The molecule has 5 heterocycles. The van der Waals surface area contributed by atoms with Gasteiger partial charge in [-0.25, -0.2) is 0 Å². The van der Waals surface area contributed by atoms with Crippen molar-refractivity contribution in [2.24, 2.45) is 5.92 Å². The highest BCUT2D eigenvalue weighted by Crippen LogP contribution is 2.53. The van der Waals surface area contributed by atoms with E-state index in [4.69, 9.17) is 4.42 Å². The van der Waals surface area contributed by atoms with Gasteiger partial charge in [0, 0.05) is 27.6 Å². The summed E-state index contributed by atoms with van der Waals surface area (Å²) >= 11 is 0. The smallest absolute Gasteiger partial charge is 0.364 e.